The van der Waals surface area contributed by atoms with Gasteiger partial charge in [-0.3, -0.25) is 14.5 Å². The van der Waals surface area contributed by atoms with E-state index in [1.54, 1.807) is 0 Å². The predicted molar refractivity (Wildman–Crippen MR) is 80.0 cm³/mol. The molecule has 2 saturated carbocycles. The first-order valence-corrected chi connectivity index (χ1v) is 8.18. The molecule has 0 aromatic heterocycles. The minimum atomic E-state index is -0.640. The number of benzene rings is 1. The van der Waals surface area contributed by atoms with E-state index in [2.05, 4.69) is 13.8 Å². The third-order valence-corrected chi connectivity index (χ3v) is 6.33. The summed E-state index contributed by atoms with van der Waals surface area (Å²) in [7, 11) is 0. The molecule has 2 bridgehead atoms. The van der Waals surface area contributed by atoms with Crippen molar-refractivity contribution in [3.8, 4) is 0 Å². The molecule has 6 unspecified atom stereocenters. The zero-order chi connectivity index (χ0) is 15.2. The third kappa shape index (κ3) is 1.14. The second-order valence-electron chi connectivity index (χ2n) is 7.41. The molecule has 2 aliphatic heterocycles. The van der Waals surface area contributed by atoms with Gasteiger partial charge in [0, 0.05) is 29.4 Å². The molecule has 2 heterocycles. The lowest BCUT2D eigenvalue weighted by Gasteiger charge is -2.41. The Bertz CT molecular complexity index is 685. The zero-order valence-electron chi connectivity index (χ0n) is 12.7. The molecule has 4 fully saturated rings. The monoisotopic (exact) mass is 297 g/mol. The van der Waals surface area contributed by atoms with Gasteiger partial charge in [-0.05, 0) is 18.6 Å². The molecule has 1 amide bonds. The molecule has 6 atom stereocenters. The molecule has 0 N–H and O–H groups in total. The summed E-state index contributed by atoms with van der Waals surface area (Å²) >= 11 is 0. The summed E-state index contributed by atoms with van der Waals surface area (Å²) in [5, 5.41) is 0. The summed E-state index contributed by atoms with van der Waals surface area (Å²) in [5.41, 5.74) is 0.252. The van der Waals surface area contributed by atoms with Gasteiger partial charge in [-0.15, -0.1) is 0 Å². The topological polar surface area (TPSA) is 46.6 Å². The van der Waals surface area contributed by atoms with Gasteiger partial charge in [-0.25, -0.2) is 0 Å². The van der Waals surface area contributed by atoms with Gasteiger partial charge in [0.05, 0.1) is 5.92 Å². The highest BCUT2D eigenvalue weighted by atomic mass is 16.5. The van der Waals surface area contributed by atoms with E-state index < -0.39 is 5.72 Å². The van der Waals surface area contributed by atoms with Crippen LogP contribution in [0.3, 0.4) is 0 Å². The molecule has 2 aliphatic carbocycles. The highest BCUT2D eigenvalue weighted by Crippen LogP contribution is 2.68. The van der Waals surface area contributed by atoms with E-state index >= 15 is 0 Å². The number of hydrogen-bond acceptors (Lipinski definition) is 3. The molecule has 22 heavy (non-hydrogen) atoms. The number of rotatable bonds is 2. The fraction of sp³-hybridized carbons (Fsp3) is 0.556. The van der Waals surface area contributed by atoms with E-state index in [1.807, 2.05) is 35.2 Å². The lowest BCUT2D eigenvalue weighted by Crippen LogP contribution is -2.54. The Hall–Kier alpha value is -1.68. The number of anilines is 1. The van der Waals surface area contributed by atoms with Crippen molar-refractivity contribution in [3.05, 3.63) is 30.3 Å². The Morgan fingerprint density at radius 3 is 2.64 bits per heavy atom. The maximum absolute atomic E-state index is 13.2. The van der Waals surface area contributed by atoms with Crippen LogP contribution in [0.4, 0.5) is 5.69 Å². The first kappa shape index (κ1) is 12.8. The minimum Gasteiger partial charge on any atom is -0.343 e. The molecule has 0 radical (unpaired) electrons. The lowest BCUT2D eigenvalue weighted by molar-refractivity contribution is -0.144. The summed E-state index contributed by atoms with van der Waals surface area (Å²) in [6.45, 7) is 4.21. The predicted octanol–water partition coefficient (Wildman–Crippen LogP) is 2.24. The van der Waals surface area contributed by atoms with E-state index in [1.165, 1.54) is 0 Å². The van der Waals surface area contributed by atoms with Crippen LogP contribution in [0.2, 0.25) is 0 Å². The summed E-state index contributed by atoms with van der Waals surface area (Å²) in [6.07, 6.45) is 0.565. The van der Waals surface area contributed by atoms with Crippen molar-refractivity contribution in [2.75, 3.05) is 4.90 Å². The van der Waals surface area contributed by atoms with Crippen molar-refractivity contribution in [2.45, 2.75) is 32.1 Å². The van der Waals surface area contributed by atoms with Crippen LogP contribution >= 0.6 is 0 Å². The summed E-state index contributed by atoms with van der Waals surface area (Å²) in [4.78, 5) is 27.5. The van der Waals surface area contributed by atoms with Crippen molar-refractivity contribution in [1.29, 1.82) is 0 Å². The number of nitrogens with zero attached hydrogens (tertiary/aromatic N) is 1. The van der Waals surface area contributed by atoms with E-state index in [0.717, 1.165) is 12.1 Å². The highest BCUT2D eigenvalue weighted by molar-refractivity contribution is 6.06. The first-order chi connectivity index (χ1) is 10.6. The van der Waals surface area contributed by atoms with Gasteiger partial charge in [-0.1, -0.05) is 32.0 Å². The van der Waals surface area contributed by atoms with E-state index in [0.29, 0.717) is 0 Å². The van der Waals surface area contributed by atoms with Crippen LogP contribution in [0.15, 0.2) is 30.3 Å². The maximum Gasteiger partial charge on any atom is 0.233 e. The summed E-state index contributed by atoms with van der Waals surface area (Å²) in [5.74, 6) is 0.554. The fourth-order valence-electron chi connectivity index (χ4n) is 5.66. The van der Waals surface area contributed by atoms with Gasteiger partial charge in [-0.2, -0.15) is 0 Å². The quantitative estimate of drug-likeness (QED) is 0.841. The largest absolute Gasteiger partial charge is 0.343 e. The minimum absolute atomic E-state index is 0.0869. The van der Waals surface area contributed by atoms with Gasteiger partial charge in [0.1, 0.15) is 6.10 Å². The molecule has 4 nitrogen and oxygen atoms in total. The van der Waals surface area contributed by atoms with Gasteiger partial charge >= 0.3 is 0 Å². The van der Waals surface area contributed by atoms with Crippen molar-refractivity contribution in [3.63, 3.8) is 0 Å². The number of ketones is 1. The number of para-hydroxylation sites is 1. The van der Waals surface area contributed by atoms with Gasteiger partial charge < -0.3 is 4.74 Å². The Balaban J connectivity index is 1.73. The van der Waals surface area contributed by atoms with Crippen LogP contribution in [0, 0.1) is 29.6 Å². The van der Waals surface area contributed by atoms with Crippen LogP contribution in [0.1, 0.15) is 20.3 Å². The van der Waals surface area contributed by atoms with Crippen LogP contribution in [0.5, 0.6) is 0 Å². The average molecular weight is 297 g/mol. The fourth-order valence-corrected chi connectivity index (χ4v) is 5.66. The summed E-state index contributed by atoms with van der Waals surface area (Å²) in [6, 6.07) is 9.78. The van der Waals surface area contributed by atoms with Crippen LogP contribution in [0.25, 0.3) is 0 Å². The first-order valence-electron chi connectivity index (χ1n) is 8.18. The van der Waals surface area contributed by atoms with Gasteiger partial charge in [0.2, 0.25) is 5.91 Å². The third-order valence-electron chi connectivity index (χ3n) is 6.33. The SMILES string of the molecule is CC(C)C12OC3C(=O)C4CC3C1C4C(=O)N2c1ccccc1. The Kier molecular flexibility index (Phi) is 2.21. The molecule has 1 aromatic rings. The lowest BCUT2D eigenvalue weighted by atomic mass is 9.75. The molecule has 4 heteroatoms. The average Bonchev–Trinajstić information content (AvgIpc) is 3.16. The second kappa shape index (κ2) is 3.80. The Morgan fingerprint density at radius 1 is 1.23 bits per heavy atom. The van der Waals surface area contributed by atoms with E-state index in [4.69, 9.17) is 4.74 Å². The van der Waals surface area contributed by atoms with Crippen molar-refractivity contribution < 1.29 is 14.3 Å². The molecular formula is C18H19NO3. The Morgan fingerprint density at radius 2 is 1.95 bits per heavy atom. The normalized spacial score (nSPS) is 44.7. The number of carbonyl (C=O) groups is 2. The summed E-state index contributed by atoms with van der Waals surface area (Å²) < 4.78 is 6.38. The highest BCUT2D eigenvalue weighted by Gasteiger charge is 2.79. The second-order valence-corrected chi connectivity index (χ2v) is 7.41. The molecule has 2 saturated heterocycles. The van der Waals surface area contributed by atoms with Crippen LogP contribution in [-0.4, -0.2) is 23.5 Å². The number of fused-ring (bicyclic) bond motifs is 2. The van der Waals surface area contributed by atoms with Crippen molar-refractivity contribution >= 4 is 17.4 Å². The standard InChI is InChI=1S/C18H19NO3/c1-9(2)18-14-12-8-11(15(20)16(12)22-18)13(14)17(21)19(18)10-6-4-3-5-7-10/h3-7,9,11-14,16H,8H2,1-2H3. The van der Waals surface area contributed by atoms with E-state index in [-0.39, 0.29) is 47.4 Å². The molecular weight excluding hydrogens is 278 g/mol. The molecule has 1 aromatic carbocycles. The van der Waals surface area contributed by atoms with Crippen LogP contribution in [-0.2, 0) is 14.3 Å². The maximum atomic E-state index is 13.2. The van der Waals surface area contributed by atoms with Crippen molar-refractivity contribution in [2.24, 2.45) is 29.6 Å². The smallest absolute Gasteiger partial charge is 0.233 e. The number of hydrogen-bond donors (Lipinski definition) is 0. The van der Waals surface area contributed by atoms with Gasteiger partial charge in [0.15, 0.2) is 11.5 Å². The molecule has 4 aliphatic rings. The molecule has 5 rings (SSSR count). The molecule has 0 spiro atoms. The molecule has 114 valence electrons. The van der Waals surface area contributed by atoms with E-state index in [9.17, 15) is 9.59 Å². The Labute approximate surface area is 129 Å². The number of carbonyl (C=O) groups excluding carboxylic acids is 2. The zero-order valence-corrected chi connectivity index (χ0v) is 12.7. The number of amides is 1. The number of Topliss-reactive ketones (excluding diaryl/α,β-unsaturated/α-hetero) is 1. The van der Waals surface area contributed by atoms with Crippen LogP contribution < -0.4 is 4.90 Å². The van der Waals surface area contributed by atoms with Crippen molar-refractivity contribution in [1.82, 2.24) is 0 Å². The number of ether oxygens (including phenoxy) is 1. The van der Waals surface area contributed by atoms with Gasteiger partial charge in [0.25, 0.3) is 0 Å².